The summed E-state index contributed by atoms with van der Waals surface area (Å²) in [5.41, 5.74) is 2.78. The van der Waals surface area contributed by atoms with Gasteiger partial charge >= 0.3 is 0 Å². The molecule has 1 rings (SSSR count). The van der Waals surface area contributed by atoms with Gasteiger partial charge in [-0.2, -0.15) is 5.26 Å². The lowest BCUT2D eigenvalue weighted by Gasteiger charge is -2.23. The molecule has 0 N–H and O–H groups in total. The van der Waals surface area contributed by atoms with Gasteiger partial charge in [-0.1, -0.05) is 18.2 Å². The summed E-state index contributed by atoms with van der Waals surface area (Å²) in [6.07, 6.45) is 3.65. The van der Waals surface area contributed by atoms with Crippen molar-refractivity contribution in [2.24, 2.45) is 0 Å². The standard InChI is InChI=1S/C14H16N2/c1-4-8-16(9-5-2)14-10-12(3)6-7-13(14)11-15/h4-7,10H,1-2,8-9H2,3H3. The molecule has 0 bridgehead atoms. The van der Waals surface area contributed by atoms with Crippen LogP contribution in [0.2, 0.25) is 0 Å². The zero-order valence-corrected chi connectivity index (χ0v) is 9.61. The van der Waals surface area contributed by atoms with Crippen molar-refractivity contribution in [3.8, 4) is 6.07 Å². The molecule has 1 aromatic rings. The Bertz CT molecular complexity index is 417. The van der Waals surface area contributed by atoms with Crippen molar-refractivity contribution < 1.29 is 0 Å². The summed E-state index contributed by atoms with van der Waals surface area (Å²) in [4.78, 5) is 2.07. The number of rotatable bonds is 5. The van der Waals surface area contributed by atoms with Crippen molar-refractivity contribution in [2.45, 2.75) is 6.92 Å². The number of nitrogens with zero attached hydrogens (tertiary/aromatic N) is 2. The fraction of sp³-hybridized carbons (Fsp3) is 0.214. The van der Waals surface area contributed by atoms with Gasteiger partial charge in [0.2, 0.25) is 0 Å². The van der Waals surface area contributed by atoms with Crippen molar-refractivity contribution in [3.63, 3.8) is 0 Å². The molecule has 0 radical (unpaired) electrons. The van der Waals surface area contributed by atoms with Gasteiger partial charge in [0.05, 0.1) is 11.3 Å². The Hall–Kier alpha value is -2.01. The molecule has 0 fully saturated rings. The first kappa shape index (κ1) is 12.1. The highest BCUT2D eigenvalue weighted by molar-refractivity contribution is 5.61. The second-order valence-electron chi connectivity index (χ2n) is 3.61. The van der Waals surface area contributed by atoms with Gasteiger partial charge in [-0.25, -0.2) is 0 Å². The van der Waals surface area contributed by atoms with Crippen LogP contribution in [0.4, 0.5) is 5.69 Å². The van der Waals surface area contributed by atoms with Gasteiger partial charge < -0.3 is 4.90 Å². The highest BCUT2D eigenvalue weighted by Gasteiger charge is 2.08. The average Bonchev–Trinajstić information content (AvgIpc) is 2.29. The maximum absolute atomic E-state index is 9.07. The zero-order valence-electron chi connectivity index (χ0n) is 9.61. The van der Waals surface area contributed by atoms with Gasteiger partial charge in [-0.3, -0.25) is 0 Å². The third-order valence-corrected chi connectivity index (χ3v) is 2.31. The summed E-state index contributed by atoms with van der Waals surface area (Å²) in [6.45, 7) is 10.9. The first-order chi connectivity index (χ1) is 7.72. The maximum atomic E-state index is 9.07. The summed E-state index contributed by atoms with van der Waals surface area (Å²) < 4.78 is 0. The van der Waals surface area contributed by atoms with E-state index in [1.54, 1.807) is 0 Å². The molecule has 0 aliphatic rings. The Morgan fingerprint density at radius 1 is 1.31 bits per heavy atom. The molecule has 0 atom stereocenters. The summed E-state index contributed by atoms with van der Waals surface area (Å²) in [7, 11) is 0. The van der Waals surface area contributed by atoms with E-state index in [0.29, 0.717) is 18.7 Å². The Morgan fingerprint density at radius 3 is 2.44 bits per heavy atom. The van der Waals surface area contributed by atoms with Crippen LogP contribution in [0.5, 0.6) is 0 Å². The van der Waals surface area contributed by atoms with Crippen molar-refractivity contribution in [1.29, 1.82) is 5.26 Å². The van der Waals surface area contributed by atoms with Crippen LogP contribution in [0.3, 0.4) is 0 Å². The second-order valence-corrected chi connectivity index (χ2v) is 3.61. The second kappa shape index (κ2) is 5.77. The predicted molar refractivity (Wildman–Crippen MR) is 68.5 cm³/mol. The normalized spacial score (nSPS) is 9.25. The molecule has 0 saturated carbocycles. The monoisotopic (exact) mass is 212 g/mol. The number of aryl methyl sites for hydroxylation is 1. The minimum absolute atomic E-state index is 0.689. The molecule has 0 amide bonds. The maximum Gasteiger partial charge on any atom is 0.101 e. The SMILES string of the molecule is C=CCN(CC=C)c1cc(C)ccc1C#N. The zero-order chi connectivity index (χ0) is 12.0. The van der Waals surface area contributed by atoms with Crippen LogP contribution in [0.25, 0.3) is 0 Å². The lowest BCUT2D eigenvalue weighted by Crippen LogP contribution is -2.24. The van der Waals surface area contributed by atoms with Gasteiger partial charge in [0.25, 0.3) is 0 Å². The van der Waals surface area contributed by atoms with Crippen LogP contribution in [-0.2, 0) is 0 Å². The summed E-state index contributed by atoms with van der Waals surface area (Å²) in [5.74, 6) is 0. The number of hydrogen-bond donors (Lipinski definition) is 0. The third kappa shape index (κ3) is 2.74. The highest BCUT2D eigenvalue weighted by Crippen LogP contribution is 2.21. The van der Waals surface area contributed by atoms with Crippen LogP contribution in [-0.4, -0.2) is 13.1 Å². The molecule has 82 valence electrons. The van der Waals surface area contributed by atoms with Crippen molar-refractivity contribution >= 4 is 5.69 Å². The van der Waals surface area contributed by atoms with Gasteiger partial charge in [-0.05, 0) is 24.6 Å². The molecule has 0 aromatic heterocycles. The van der Waals surface area contributed by atoms with Gasteiger partial charge in [-0.15, -0.1) is 13.2 Å². The summed E-state index contributed by atoms with van der Waals surface area (Å²) >= 11 is 0. The molecule has 0 unspecified atom stereocenters. The van der Waals surface area contributed by atoms with E-state index in [1.165, 1.54) is 0 Å². The van der Waals surface area contributed by atoms with Crippen molar-refractivity contribution in [3.05, 3.63) is 54.6 Å². The molecular formula is C14H16N2. The number of hydrogen-bond acceptors (Lipinski definition) is 2. The summed E-state index contributed by atoms with van der Waals surface area (Å²) in [6, 6.07) is 8.03. The van der Waals surface area contributed by atoms with E-state index < -0.39 is 0 Å². The number of benzene rings is 1. The van der Waals surface area contributed by atoms with E-state index in [-0.39, 0.29) is 0 Å². The largest absolute Gasteiger partial charge is 0.363 e. The fourth-order valence-electron chi connectivity index (χ4n) is 1.58. The Labute approximate surface area is 97.1 Å². The Morgan fingerprint density at radius 2 is 1.94 bits per heavy atom. The minimum atomic E-state index is 0.689. The molecule has 0 spiro atoms. The fourth-order valence-corrected chi connectivity index (χ4v) is 1.58. The molecule has 0 aliphatic carbocycles. The van der Waals surface area contributed by atoms with Crippen molar-refractivity contribution in [1.82, 2.24) is 0 Å². The highest BCUT2D eigenvalue weighted by atomic mass is 15.1. The molecule has 0 saturated heterocycles. The Kier molecular flexibility index (Phi) is 4.35. The van der Waals surface area contributed by atoms with E-state index in [2.05, 4.69) is 24.1 Å². The van der Waals surface area contributed by atoms with Crippen LogP contribution < -0.4 is 4.90 Å². The van der Waals surface area contributed by atoms with Crippen LogP contribution in [0, 0.1) is 18.3 Å². The van der Waals surface area contributed by atoms with Crippen LogP contribution in [0.1, 0.15) is 11.1 Å². The lowest BCUT2D eigenvalue weighted by atomic mass is 10.1. The van der Waals surface area contributed by atoms with Crippen LogP contribution in [0.15, 0.2) is 43.5 Å². The van der Waals surface area contributed by atoms with Gasteiger partial charge in [0.1, 0.15) is 6.07 Å². The van der Waals surface area contributed by atoms with E-state index in [4.69, 9.17) is 5.26 Å². The predicted octanol–water partition coefficient (Wildman–Crippen LogP) is 3.05. The van der Waals surface area contributed by atoms with Crippen molar-refractivity contribution in [2.75, 3.05) is 18.0 Å². The number of nitriles is 1. The van der Waals surface area contributed by atoms with Crippen LogP contribution >= 0.6 is 0 Å². The molecule has 0 aliphatic heterocycles. The third-order valence-electron chi connectivity index (χ3n) is 2.31. The summed E-state index contributed by atoms with van der Waals surface area (Å²) in [5, 5.41) is 9.07. The van der Waals surface area contributed by atoms with E-state index in [1.807, 2.05) is 37.3 Å². The Balaban J connectivity index is 3.15. The molecule has 2 nitrogen and oxygen atoms in total. The van der Waals surface area contributed by atoms with Gasteiger partial charge in [0.15, 0.2) is 0 Å². The number of anilines is 1. The molecular weight excluding hydrogens is 196 g/mol. The molecule has 0 heterocycles. The van der Waals surface area contributed by atoms with E-state index in [0.717, 1.165) is 11.3 Å². The average molecular weight is 212 g/mol. The lowest BCUT2D eigenvalue weighted by molar-refractivity contribution is 0.952. The minimum Gasteiger partial charge on any atom is -0.363 e. The molecule has 2 heteroatoms. The van der Waals surface area contributed by atoms with E-state index in [9.17, 15) is 0 Å². The first-order valence-corrected chi connectivity index (χ1v) is 5.20. The molecule has 16 heavy (non-hydrogen) atoms. The van der Waals surface area contributed by atoms with Gasteiger partial charge in [0, 0.05) is 13.1 Å². The smallest absolute Gasteiger partial charge is 0.101 e. The first-order valence-electron chi connectivity index (χ1n) is 5.20. The molecule has 1 aromatic carbocycles. The topological polar surface area (TPSA) is 27.0 Å². The van der Waals surface area contributed by atoms with E-state index >= 15 is 0 Å². The quantitative estimate of drug-likeness (QED) is 0.701.